The first-order valence-electron chi connectivity index (χ1n) is 7.30. The summed E-state index contributed by atoms with van der Waals surface area (Å²) < 4.78 is 0. The summed E-state index contributed by atoms with van der Waals surface area (Å²) in [6.45, 7) is 7.56. The van der Waals surface area contributed by atoms with Crippen LogP contribution < -0.4 is 0 Å². The van der Waals surface area contributed by atoms with E-state index in [1.165, 1.54) is 11.3 Å². The van der Waals surface area contributed by atoms with E-state index < -0.39 is 0 Å². The third-order valence-corrected chi connectivity index (χ3v) is 4.89. The molecular weight excluding hydrogens is 256 g/mol. The Bertz CT molecular complexity index is 379. The van der Waals surface area contributed by atoms with Gasteiger partial charge in [-0.05, 0) is 50.5 Å². The second-order valence-corrected chi connectivity index (χ2v) is 6.20. The number of rotatable bonds is 4. The van der Waals surface area contributed by atoms with Crippen LogP contribution in [0.1, 0.15) is 31.6 Å². The Morgan fingerprint density at radius 1 is 1.37 bits per heavy atom. The fourth-order valence-corrected chi connectivity index (χ4v) is 3.56. The number of hydrogen-bond donors (Lipinski definition) is 0. The van der Waals surface area contributed by atoms with Gasteiger partial charge in [0.25, 0.3) is 0 Å². The number of nitrogens with zero attached hydrogens (tertiary/aromatic N) is 2. The van der Waals surface area contributed by atoms with Crippen LogP contribution in [0.15, 0.2) is 17.5 Å². The molecule has 0 spiro atoms. The van der Waals surface area contributed by atoms with E-state index in [0.29, 0.717) is 0 Å². The zero-order valence-electron chi connectivity index (χ0n) is 12.0. The molecule has 0 radical (unpaired) electrons. The molecule has 0 bridgehead atoms. The molecule has 0 atom stereocenters. The summed E-state index contributed by atoms with van der Waals surface area (Å²) in [4.78, 5) is 17.7. The lowest BCUT2D eigenvalue weighted by molar-refractivity contribution is 0.136. The Hall–Kier alpha value is -1.03. The minimum absolute atomic E-state index is 0.222. The number of urea groups is 1. The lowest BCUT2D eigenvalue weighted by Gasteiger charge is -2.35. The van der Waals surface area contributed by atoms with Crippen molar-refractivity contribution in [1.29, 1.82) is 0 Å². The number of thiophene rings is 1. The molecule has 1 aromatic heterocycles. The highest BCUT2D eigenvalue weighted by atomic mass is 32.1. The average molecular weight is 280 g/mol. The molecule has 0 aliphatic carbocycles. The van der Waals surface area contributed by atoms with Gasteiger partial charge in [-0.1, -0.05) is 6.07 Å². The normalized spacial score (nSPS) is 16.6. The molecule has 0 saturated carbocycles. The Morgan fingerprint density at radius 2 is 2.05 bits per heavy atom. The summed E-state index contributed by atoms with van der Waals surface area (Å²) in [6, 6.07) is 4.57. The van der Waals surface area contributed by atoms with Gasteiger partial charge in [0.1, 0.15) is 0 Å². The van der Waals surface area contributed by atoms with Crippen molar-refractivity contribution in [1.82, 2.24) is 9.80 Å². The van der Waals surface area contributed by atoms with Gasteiger partial charge in [0.2, 0.25) is 0 Å². The first kappa shape index (κ1) is 14.4. The van der Waals surface area contributed by atoms with Gasteiger partial charge in [0.15, 0.2) is 0 Å². The summed E-state index contributed by atoms with van der Waals surface area (Å²) in [5.74, 6) is 0.749. The average Bonchev–Trinajstić information content (AvgIpc) is 2.94. The van der Waals surface area contributed by atoms with Crippen molar-refractivity contribution < 1.29 is 4.79 Å². The van der Waals surface area contributed by atoms with Crippen molar-refractivity contribution in [2.45, 2.75) is 33.1 Å². The van der Waals surface area contributed by atoms with Crippen molar-refractivity contribution in [3.05, 3.63) is 22.4 Å². The zero-order chi connectivity index (χ0) is 13.7. The van der Waals surface area contributed by atoms with E-state index >= 15 is 0 Å². The summed E-state index contributed by atoms with van der Waals surface area (Å²) in [7, 11) is 0. The largest absolute Gasteiger partial charge is 0.325 e. The molecule has 2 amide bonds. The molecule has 1 fully saturated rings. The first-order valence-corrected chi connectivity index (χ1v) is 8.18. The van der Waals surface area contributed by atoms with Crippen LogP contribution in [0.5, 0.6) is 0 Å². The number of amides is 2. The predicted octanol–water partition coefficient (Wildman–Crippen LogP) is 3.46. The van der Waals surface area contributed by atoms with Crippen LogP contribution in [-0.2, 0) is 6.42 Å². The molecule has 1 aromatic rings. The van der Waals surface area contributed by atoms with Gasteiger partial charge in [-0.2, -0.15) is 0 Å². The van der Waals surface area contributed by atoms with E-state index in [9.17, 15) is 4.79 Å². The van der Waals surface area contributed by atoms with Crippen LogP contribution in [0.25, 0.3) is 0 Å². The van der Waals surface area contributed by atoms with Gasteiger partial charge in [-0.15, -0.1) is 11.3 Å². The summed E-state index contributed by atoms with van der Waals surface area (Å²) in [5, 5.41) is 2.15. The number of likely N-dealkylation sites (tertiary alicyclic amines) is 1. The van der Waals surface area contributed by atoms with Gasteiger partial charge in [-0.25, -0.2) is 4.79 Å². The second-order valence-electron chi connectivity index (χ2n) is 5.17. The molecule has 1 aliphatic heterocycles. The Balaban J connectivity index is 1.80. The predicted molar refractivity (Wildman–Crippen MR) is 80.6 cm³/mol. The third-order valence-electron chi connectivity index (χ3n) is 3.99. The molecule has 106 valence electrons. The maximum atomic E-state index is 12.2. The summed E-state index contributed by atoms with van der Waals surface area (Å²) >= 11 is 1.85. The van der Waals surface area contributed by atoms with E-state index in [2.05, 4.69) is 17.5 Å². The summed E-state index contributed by atoms with van der Waals surface area (Å²) in [6.07, 6.45) is 3.47. The van der Waals surface area contributed by atoms with Crippen LogP contribution in [-0.4, -0.2) is 42.0 Å². The molecule has 1 aliphatic rings. The van der Waals surface area contributed by atoms with Gasteiger partial charge in [0.05, 0.1) is 0 Å². The molecule has 3 nitrogen and oxygen atoms in total. The van der Waals surface area contributed by atoms with E-state index in [-0.39, 0.29) is 6.03 Å². The monoisotopic (exact) mass is 280 g/mol. The van der Waals surface area contributed by atoms with Crippen LogP contribution in [0.4, 0.5) is 4.79 Å². The van der Waals surface area contributed by atoms with Gasteiger partial charge in [-0.3, -0.25) is 0 Å². The highest BCUT2D eigenvalue weighted by Gasteiger charge is 2.25. The number of carbonyl (C=O) groups excluding carboxylic acids is 1. The van der Waals surface area contributed by atoms with Crippen LogP contribution in [0.3, 0.4) is 0 Å². The third kappa shape index (κ3) is 3.72. The van der Waals surface area contributed by atoms with Crippen molar-refractivity contribution in [2.75, 3.05) is 26.2 Å². The molecule has 4 heteroatoms. The standard InChI is InChI=1S/C15H24N2OS/c1-3-16(4-2)15(18)17-9-7-13(8-10-17)12-14-6-5-11-19-14/h5-6,11,13H,3-4,7-10,12H2,1-2H3. The van der Waals surface area contributed by atoms with E-state index in [1.54, 1.807) is 0 Å². The Labute approximate surface area is 120 Å². The number of piperidine rings is 1. The lowest BCUT2D eigenvalue weighted by Crippen LogP contribution is -2.46. The van der Waals surface area contributed by atoms with Crippen molar-refractivity contribution in [3.63, 3.8) is 0 Å². The number of hydrogen-bond acceptors (Lipinski definition) is 2. The maximum absolute atomic E-state index is 12.2. The first-order chi connectivity index (χ1) is 9.24. The highest BCUT2D eigenvalue weighted by Crippen LogP contribution is 2.24. The molecule has 0 N–H and O–H groups in total. The van der Waals surface area contributed by atoms with Crippen molar-refractivity contribution in [2.24, 2.45) is 5.92 Å². The second kappa shape index (κ2) is 6.94. The summed E-state index contributed by atoms with van der Waals surface area (Å²) in [5.41, 5.74) is 0. The fraction of sp³-hybridized carbons (Fsp3) is 0.667. The molecule has 2 rings (SSSR count). The molecule has 1 saturated heterocycles. The topological polar surface area (TPSA) is 23.6 Å². The van der Waals surface area contributed by atoms with Crippen molar-refractivity contribution >= 4 is 17.4 Å². The smallest absolute Gasteiger partial charge is 0.319 e. The van der Waals surface area contributed by atoms with E-state index in [4.69, 9.17) is 0 Å². The minimum Gasteiger partial charge on any atom is -0.325 e. The van der Waals surface area contributed by atoms with Crippen molar-refractivity contribution in [3.8, 4) is 0 Å². The van der Waals surface area contributed by atoms with Gasteiger partial charge >= 0.3 is 6.03 Å². The zero-order valence-corrected chi connectivity index (χ0v) is 12.8. The molecule has 2 heterocycles. The minimum atomic E-state index is 0.222. The van der Waals surface area contributed by atoms with Crippen LogP contribution in [0, 0.1) is 5.92 Å². The SMILES string of the molecule is CCN(CC)C(=O)N1CCC(Cc2cccs2)CC1. The van der Waals surface area contributed by atoms with Gasteiger partial charge < -0.3 is 9.80 Å². The highest BCUT2D eigenvalue weighted by molar-refractivity contribution is 7.09. The van der Waals surface area contributed by atoms with Crippen LogP contribution in [0.2, 0.25) is 0 Å². The number of carbonyl (C=O) groups is 1. The molecule has 0 aromatic carbocycles. The molecule has 0 unspecified atom stereocenters. The molecular formula is C15H24N2OS. The Kier molecular flexibility index (Phi) is 5.25. The van der Waals surface area contributed by atoms with E-state index in [1.807, 2.05) is 35.0 Å². The quantitative estimate of drug-likeness (QED) is 0.828. The van der Waals surface area contributed by atoms with Gasteiger partial charge in [0, 0.05) is 31.1 Å². The van der Waals surface area contributed by atoms with E-state index in [0.717, 1.165) is 44.9 Å². The molecule has 19 heavy (non-hydrogen) atoms. The Morgan fingerprint density at radius 3 is 2.58 bits per heavy atom. The maximum Gasteiger partial charge on any atom is 0.319 e. The van der Waals surface area contributed by atoms with Crippen LogP contribution >= 0.6 is 11.3 Å². The lowest BCUT2D eigenvalue weighted by atomic mass is 9.93. The fourth-order valence-electron chi connectivity index (χ4n) is 2.74.